The van der Waals surface area contributed by atoms with Crippen LogP contribution in [0.15, 0.2) is 24.4 Å². The minimum atomic E-state index is -0.521. The van der Waals surface area contributed by atoms with Crippen LogP contribution in [0.1, 0.15) is 70.6 Å². The largest absolute Gasteiger partial charge is 0.390 e. The highest BCUT2D eigenvalue weighted by molar-refractivity contribution is 5.92. The first-order chi connectivity index (χ1) is 15.7. The van der Waals surface area contributed by atoms with E-state index >= 15 is 0 Å². The number of benzene rings is 1. The smallest absolute Gasteiger partial charge is 0.166 e. The lowest BCUT2D eigenvalue weighted by molar-refractivity contribution is -0.139. The molecule has 1 aromatic carbocycles. The zero-order valence-electron chi connectivity index (χ0n) is 19.9. The summed E-state index contributed by atoms with van der Waals surface area (Å²) in [7, 11) is 0. The molecule has 0 radical (unpaired) electrons. The molecule has 3 aromatic rings. The number of aliphatic hydroxyl groups is 1. The number of nitrogens with zero attached hydrogens (tertiary/aromatic N) is 3. The van der Waals surface area contributed by atoms with Crippen LogP contribution >= 0.6 is 0 Å². The van der Waals surface area contributed by atoms with Crippen molar-refractivity contribution in [2.24, 2.45) is 34.5 Å². The van der Waals surface area contributed by atoms with E-state index in [9.17, 15) is 9.50 Å². The zero-order valence-corrected chi connectivity index (χ0v) is 19.9. The summed E-state index contributed by atoms with van der Waals surface area (Å²) in [5, 5.41) is 16.5. The summed E-state index contributed by atoms with van der Waals surface area (Å²) < 4.78 is 16.5. The molecule has 4 nitrogen and oxygen atoms in total. The van der Waals surface area contributed by atoms with E-state index in [1.807, 2.05) is 16.8 Å². The van der Waals surface area contributed by atoms with E-state index < -0.39 is 5.60 Å². The Morgan fingerprint density at radius 1 is 1.06 bits per heavy atom. The normalized spacial score (nSPS) is 42.1. The SMILES string of the molecule is C[C@@]12Cc3cnc4c5c(F)cccc5nn4c3C[C@H]1CC[C@H]1[C@H]2CC[C@]2(C)[C@@H]1CC[C@@]2(C)O. The van der Waals surface area contributed by atoms with Crippen molar-refractivity contribution < 1.29 is 9.50 Å². The molecule has 0 unspecified atom stereocenters. The Bertz CT molecular complexity index is 1300. The lowest BCUT2D eigenvalue weighted by Gasteiger charge is -2.61. The van der Waals surface area contributed by atoms with Crippen molar-refractivity contribution in [1.82, 2.24) is 14.6 Å². The van der Waals surface area contributed by atoms with Crippen molar-refractivity contribution >= 4 is 16.6 Å². The van der Waals surface area contributed by atoms with Gasteiger partial charge in [-0.1, -0.05) is 19.9 Å². The van der Waals surface area contributed by atoms with Crippen molar-refractivity contribution in [3.8, 4) is 0 Å². The summed E-state index contributed by atoms with van der Waals surface area (Å²) in [6.45, 7) is 7.00. The van der Waals surface area contributed by atoms with E-state index in [-0.39, 0.29) is 16.6 Å². The lowest BCUT2D eigenvalue weighted by Crippen LogP contribution is -2.56. The molecule has 174 valence electrons. The predicted molar refractivity (Wildman–Crippen MR) is 126 cm³/mol. The van der Waals surface area contributed by atoms with E-state index in [2.05, 4.69) is 20.8 Å². The van der Waals surface area contributed by atoms with Crippen LogP contribution in [0.2, 0.25) is 0 Å². The van der Waals surface area contributed by atoms with E-state index in [0.717, 1.165) is 31.6 Å². The third-order valence-corrected chi connectivity index (χ3v) is 11.2. The number of rotatable bonds is 0. The summed E-state index contributed by atoms with van der Waals surface area (Å²) in [5.41, 5.74) is 3.68. The molecule has 0 spiro atoms. The fourth-order valence-electron chi connectivity index (χ4n) is 9.13. The Labute approximate surface area is 194 Å². The Hall–Kier alpha value is -2.01. The topological polar surface area (TPSA) is 50.4 Å². The number of halogens is 1. The van der Waals surface area contributed by atoms with Crippen LogP contribution in [0.25, 0.3) is 16.6 Å². The first-order valence-electron chi connectivity index (χ1n) is 12.9. The van der Waals surface area contributed by atoms with Gasteiger partial charge in [-0.15, -0.1) is 0 Å². The second-order valence-electron chi connectivity index (χ2n) is 12.4. The number of fused-ring (bicyclic) bond motifs is 10. The van der Waals surface area contributed by atoms with Crippen LogP contribution in [0.5, 0.6) is 0 Å². The highest BCUT2D eigenvalue weighted by Crippen LogP contribution is 2.67. The van der Waals surface area contributed by atoms with E-state index in [0.29, 0.717) is 34.3 Å². The second kappa shape index (κ2) is 6.35. The molecule has 1 N–H and O–H groups in total. The fourth-order valence-corrected chi connectivity index (χ4v) is 9.13. The monoisotopic (exact) mass is 447 g/mol. The molecule has 0 aliphatic heterocycles. The fraction of sp³-hybridized carbons (Fsp3) is 0.643. The second-order valence-corrected chi connectivity index (χ2v) is 12.4. The van der Waals surface area contributed by atoms with Crippen LogP contribution in [0, 0.1) is 40.3 Å². The van der Waals surface area contributed by atoms with Gasteiger partial charge in [0.15, 0.2) is 5.65 Å². The summed E-state index contributed by atoms with van der Waals surface area (Å²) in [4.78, 5) is 4.73. The summed E-state index contributed by atoms with van der Waals surface area (Å²) in [6.07, 6.45) is 11.1. The standard InChI is InChI=1S/C28H34FN3O/c1-26-14-16-15-30-25-24-21(29)5-4-6-22(24)31-32(25)23(16)13-17(26)7-8-18-19(26)9-11-27(2)20(18)10-12-28(27,3)33/h4-6,15,17-20,33H,7-14H2,1-3H3/t17-,18+,19-,20-,26-,27-,28-/m1/s1. The molecule has 0 bridgehead atoms. The van der Waals surface area contributed by atoms with E-state index in [4.69, 9.17) is 10.1 Å². The van der Waals surface area contributed by atoms with E-state index in [1.54, 1.807) is 6.07 Å². The molecule has 7 atom stereocenters. The van der Waals surface area contributed by atoms with Gasteiger partial charge in [0.2, 0.25) is 0 Å². The third-order valence-electron chi connectivity index (χ3n) is 11.2. The van der Waals surface area contributed by atoms with Crippen LogP contribution in [0.3, 0.4) is 0 Å². The highest BCUT2D eigenvalue weighted by atomic mass is 19.1. The molecule has 4 aliphatic rings. The average molecular weight is 448 g/mol. The molecule has 7 rings (SSSR count). The first kappa shape index (κ1) is 20.4. The molecule has 3 fully saturated rings. The van der Waals surface area contributed by atoms with Gasteiger partial charge in [-0.05, 0) is 110 Å². The maximum atomic E-state index is 14.6. The molecule has 0 amide bonds. The van der Waals surface area contributed by atoms with Crippen LogP contribution < -0.4 is 0 Å². The van der Waals surface area contributed by atoms with Gasteiger partial charge >= 0.3 is 0 Å². The number of hydrogen-bond acceptors (Lipinski definition) is 3. The molecule has 0 saturated heterocycles. The van der Waals surface area contributed by atoms with Gasteiger partial charge in [0.25, 0.3) is 0 Å². The predicted octanol–water partition coefficient (Wildman–Crippen LogP) is 5.73. The minimum absolute atomic E-state index is 0.0664. The molecule has 4 aliphatic carbocycles. The number of aromatic nitrogens is 3. The van der Waals surface area contributed by atoms with Crippen LogP contribution in [-0.2, 0) is 12.8 Å². The van der Waals surface area contributed by atoms with E-state index in [1.165, 1.54) is 43.0 Å². The van der Waals surface area contributed by atoms with Crippen LogP contribution in [0.4, 0.5) is 4.39 Å². The molecular formula is C28H34FN3O. The zero-order chi connectivity index (χ0) is 22.8. The first-order valence-corrected chi connectivity index (χ1v) is 12.9. The summed E-state index contributed by atoms with van der Waals surface area (Å²) in [5.74, 6) is 2.46. The summed E-state index contributed by atoms with van der Waals surface area (Å²) >= 11 is 0. The maximum Gasteiger partial charge on any atom is 0.166 e. The van der Waals surface area contributed by atoms with Gasteiger partial charge < -0.3 is 5.11 Å². The van der Waals surface area contributed by atoms with Gasteiger partial charge in [-0.2, -0.15) is 5.10 Å². The Kier molecular flexibility index (Phi) is 3.92. The maximum absolute atomic E-state index is 14.6. The van der Waals surface area contributed by atoms with Crippen molar-refractivity contribution in [2.75, 3.05) is 0 Å². The Balaban J connectivity index is 1.30. The van der Waals surface area contributed by atoms with Gasteiger partial charge in [0, 0.05) is 11.9 Å². The van der Waals surface area contributed by atoms with Crippen molar-refractivity contribution in [3.05, 3.63) is 41.5 Å². The quantitative estimate of drug-likeness (QED) is 0.479. The average Bonchev–Trinajstić information content (AvgIpc) is 3.27. The summed E-state index contributed by atoms with van der Waals surface area (Å²) in [6, 6.07) is 5.11. The van der Waals surface area contributed by atoms with Gasteiger partial charge in [0.1, 0.15) is 5.82 Å². The third kappa shape index (κ3) is 2.45. The highest BCUT2D eigenvalue weighted by Gasteiger charge is 2.63. The van der Waals surface area contributed by atoms with Gasteiger partial charge in [0.05, 0.1) is 16.5 Å². The molecule has 33 heavy (non-hydrogen) atoms. The molecule has 5 heteroatoms. The Morgan fingerprint density at radius 3 is 2.73 bits per heavy atom. The molecular weight excluding hydrogens is 413 g/mol. The molecule has 3 saturated carbocycles. The number of hydrogen-bond donors (Lipinski definition) is 1. The van der Waals surface area contributed by atoms with Crippen molar-refractivity contribution in [3.63, 3.8) is 0 Å². The van der Waals surface area contributed by atoms with Crippen molar-refractivity contribution in [1.29, 1.82) is 0 Å². The van der Waals surface area contributed by atoms with Crippen molar-refractivity contribution in [2.45, 2.75) is 77.7 Å². The molecule has 2 aromatic heterocycles. The Morgan fingerprint density at radius 2 is 1.88 bits per heavy atom. The van der Waals surface area contributed by atoms with Gasteiger partial charge in [-0.25, -0.2) is 13.9 Å². The lowest BCUT2D eigenvalue weighted by atomic mass is 9.44. The van der Waals surface area contributed by atoms with Crippen LogP contribution in [-0.4, -0.2) is 25.3 Å². The van der Waals surface area contributed by atoms with Gasteiger partial charge in [-0.3, -0.25) is 0 Å². The minimum Gasteiger partial charge on any atom is -0.390 e. The molecule has 2 heterocycles.